The normalized spacial score (nSPS) is 12.8. The minimum absolute atomic E-state index is 0.122. The molecule has 0 aliphatic rings. The third-order valence-corrected chi connectivity index (χ3v) is 2.77. The molecule has 2 N–H and O–H groups in total. The first-order valence-corrected chi connectivity index (χ1v) is 6.77. The van der Waals surface area contributed by atoms with Crippen molar-refractivity contribution in [2.24, 2.45) is 0 Å². The average Bonchev–Trinajstić information content (AvgIpc) is 2.82. The van der Waals surface area contributed by atoms with E-state index in [1.807, 2.05) is 6.92 Å². The first-order chi connectivity index (χ1) is 9.65. The van der Waals surface area contributed by atoms with Crippen LogP contribution in [0.4, 0.5) is 4.79 Å². The largest absolute Gasteiger partial charge is 0.476 e. The summed E-state index contributed by atoms with van der Waals surface area (Å²) in [7, 11) is 0. The highest BCUT2D eigenvalue weighted by Gasteiger charge is 2.26. The minimum atomic E-state index is -1.15. The number of aromatic nitrogens is 3. The molecular formula is C13H22N4O4. The first kappa shape index (κ1) is 16.9. The molecule has 0 aliphatic heterocycles. The zero-order chi connectivity index (χ0) is 16.2. The van der Waals surface area contributed by atoms with E-state index in [0.717, 1.165) is 0 Å². The Morgan fingerprint density at radius 1 is 1.38 bits per heavy atom. The van der Waals surface area contributed by atoms with Gasteiger partial charge in [-0.1, -0.05) is 6.92 Å². The van der Waals surface area contributed by atoms with Crippen molar-refractivity contribution >= 4 is 12.1 Å². The highest BCUT2D eigenvalue weighted by molar-refractivity contribution is 5.86. The summed E-state index contributed by atoms with van der Waals surface area (Å²) in [5.74, 6) is -1.42. The van der Waals surface area contributed by atoms with Crippen LogP contribution in [0.2, 0.25) is 0 Å². The van der Waals surface area contributed by atoms with Gasteiger partial charge in [0.25, 0.3) is 0 Å². The van der Waals surface area contributed by atoms with E-state index in [1.54, 1.807) is 27.7 Å². The fourth-order valence-electron chi connectivity index (χ4n) is 1.82. The molecule has 0 saturated carbocycles. The Morgan fingerprint density at radius 2 is 2.00 bits per heavy atom. The van der Waals surface area contributed by atoms with Gasteiger partial charge in [0.1, 0.15) is 11.3 Å². The molecule has 0 aromatic carbocycles. The minimum Gasteiger partial charge on any atom is -0.476 e. The van der Waals surface area contributed by atoms with Crippen LogP contribution in [0.3, 0.4) is 0 Å². The molecule has 0 bridgehead atoms. The Morgan fingerprint density at radius 3 is 2.48 bits per heavy atom. The van der Waals surface area contributed by atoms with Crippen LogP contribution in [0.25, 0.3) is 0 Å². The van der Waals surface area contributed by atoms with Gasteiger partial charge in [-0.3, -0.25) is 0 Å². The molecule has 0 saturated heterocycles. The van der Waals surface area contributed by atoms with Crippen molar-refractivity contribution in [3.63, 3.8) is 0 Å². The van der Waals surface area contributed by atoms with Crippen LogP contribution in [-0.4, -0.2) is 56.2 Å². The van der Waals surface area contributed by atoms with E-state index >= 15 is 0 Å². The Labute approximate surface area is 123 Å². The number of nitrogens with zero attached hydrogens (tertiary/aromatic N) is 3. The molecule has 1 atom stereocenters. The fraction of sp³-hybridized carbons (Fsp3) is 0.692. The summed E-state index contributed by atoms with van der Waals surface area (Å²) in [6.45, 7) is 9.76. The third kappa shape index (κ3) is 4.73. The number of carbonyl (C=O) groups is 2. The molecule has 0 radical (unpaired) electrons. The van der Waals surface area contributed by atoms with E-state index in [9.17, 15) is 9.59 Å². The fourth-order valence-corrected chi connectivity index (χ4v) is 1.82. The molecular weight excluding hydrogens is 276 g/mol. The monoisotopic (exact) mass is 298 g/mol. The highest BCUT2D eigenvalue weighted by atomic mass is 16.6. The second kappa shape index (κ2) is 6.55. The number of hydrogen-bond donors (Lipinski definition) is 2. The van der Waals surface area contributed by atoms with Gasteiger partial charge in [-0.05, 0) is 27.7 Å². The van der Waals surface area contributed by atoms with E-state index < -0.39 is 17.7 Å². The van der Waals surface area contributed by atoms with Gasteiger partial charge in [0.15, 0.2) is 5.69 Å². The van der Waals surface area contributed by atoms with E-state index in [-0.39, 0.29) is 11.6 Å². The van der Waals surface area contributed by atoms with E-state index in [2.05, 4.69) is 15.4 Å². The van der Waals surface area contributed by atoms with Gasteiger partial charge in [0.2, 0.25) is 0 Å². The predicted molar refractivity (Wildman–Crippen MR) is 75.2 cm³/mol. The van der Waals surface area contributed by atoms with Crippen LogP contribution < -0.4 is 0 Å². The van der Waals surface area contributed by atoms with E-state index in [4.69, 9.17) is 9.84 Å². The molecule has 0 aliphatic carbocycles. The predicted octanol–water partition coefficient (Wildman–Crippen LogP) is 1.86. The molecule has 8 nitrogen and oxygen atoms in total. The summed E-state index contributed by atoms with van der Waals surface area (Å²) in [5.41, 5.74) is -0.374. The average molecular weight is 298 g/mol. The van der Waals surface area contributed by atoms with Gasteiger partial charge >= 0.3 is 12.1 Å². The van der Waals surface area contributed by atoms with Gasteiger partial charge in [-0.15, -0.1) is 5.10 Å². The molecule has 1 unspecified atom stereocenters. The van der Waals surface area contributed by atoms with Crippen molar-refractivity contribution in [1.29, 1.82) is 0 Å². The maximum atomic E-state index is 12.1. The summed E-state index contributed by atoms with van der Waals surface area (Å²) < 4.78 is 5.31. The second-order valence-corrected chi connectivity index (χ2v) is 5.78. The highest BCUT2D eigenvalue weighted by Crippen LogP contribution is 2.18. The van der Waals surface area contributed by atoms with Crippen molar-refractivity contribution in [1.82, 2.24) is 20.3 Å². The summed E-state index contributed by atoms with van der Waals surface area (Å²) in [6, 6.07) is 0. The van der Waals surface area contributed by atoms with Crippen molar-refractivity contribution in [2.75, 3.05) is 13.1 Å². The standard InChI is InChI=1S/C13H22N4O4/c1-6-17(12(20)21-13(3,4)5)7-8(2)9-10(11(18)19)15-16-14-9/h8H,6-7H2,1-5H3,(H,18,19)(H,14,15,16). The Balaban J connectivity index is 2.79. The molecule has 1 amide bonds. The van der Waals surface area contributed by atoms with Crippen LogP contribution in [-0.2, 0) is 4.74 Å². The smallest absolute Gasteiger partial charge is 0.410 e. The lowest BCUT2D eigenvalue weighted by atomic mass is 10.1. The van der Waals surface area contributed by atoms with Gasteiger partial charge < -0.3 is 14.7 Å². The van der Waals surface area contributed by atoms with Crippen LogP contribution in [0, 0.1) is 0 Å². The molecule has 1 heterocycles. The molecule has 118 valence electrons. The number of likely N-dealkylation sites (N-methyl/N-ethyl adjacent to an activating group) is 1. The number of aromatic carboxylic acids is 1. The number of amides is 1. The number of nitrogens with one attached hydrogen (secondary N) is 1. The summed E-state index contributed by atoms with van der Waals surface area (Å²) in [4.78, 5) is 24.6. The number of ether oxygens (including phenoxy) is 1. The van der Waals surface area contributed by atoms with Crippen molar-refractivity contribution in [3.05, 3.63) is 11.4 Å². The molecule has 21 heavy (non-hydrogen) atoms. The zero-order valence-corrected chi connectivity index (χ0v) is 13.0. The van der Waals surface area contributed by atoms with Crippen LogP contribution in [0.1, 0.15) is 56.7 Å². The molecule has 1 aromatic heterocycles. The van der Waals surface area contributed by atoms with E-state index in [1.165, 1.54) is 4.90 Å². The van der Waals surface area contributed by atoms with Crippen LogP contribution in [0.15, 0.2) is 0 Å². The third-order valence-electron chi connectivity index (χ3n) is 2.77. The molecule has 0 spiro atoms. The summed E-state index contributed by atoms with van der Waals surface area (Å²) in [6.07, 6.45) is -0.433. The number of rotatable bonds is 5. The van der Waals surface area contributed by atoms with Crippen molar-refractivity contribution < 1.29 is 19.4 Å². The molecule has 1 aromatic rings. The second-order valence-electron chi connectivity index (χ2n) is 5.78. The van der Waals surface area contributed by atoms with Crippen molar-refractivity contribution in [2.45, 2.75) is 46.1 Å². The van der Waals surface area contributed by atoms with Crippen molar-refractivity contribution in [3.8, 4) is 0 Å². The van der Waals surface area contributed by atoms with Gasteiger partial charge in [0.05, 0.1) is 0 Å². The van der Waals surface area contributed by atoms with Crippen LogP contribution >= 0.6 is 0 Å². The first-order valence-electron chi connectivity index (χ1n) is 6.77. The topological polar surface area (TPSA) is 108 Å². The summed E-state index contributed by atoms with van der Waals surface area (Å²) >= 11 is 0. The zero-order valence-electron chi connectivity index (χ0n) is 13.0. The number of hydrogen-bond acceptors (Lipinski definition) is 5. The van der Waals surface area contributed by atoms with Gasteiger partial charge in [-0.25, -0.2) is 9.59 Å². The molecule has 0 fully saturated rings. The maximum Gasteiger partial charge on any atom is 0.410 e. The SMILES string of the molecule is CCN(CC(C)c1n[nH]nc1C(=O)O)C(=O)OC(C)(C)C. The van der Waals surface area contributed by atoms with E-state index in [0.29, 0.717) is 18.8 Å². The number of carboxylic acid groups (broad SMARTS) is 1. The molecule has 8 heteroatoms. The Bertz CT molecular complexity index is 507. The summed E-state index contributed by atoms with van der Waals surface area (Å²) in [5, 5.41) is 18.8. The number of carbonyl (C=O) groups excluding carboxylic acids is 1. The molecule has 1 rings (SSSR count). The van der Waals surface area contributed by atoms with Gasteiger partial charge in [0, 0.05) is 19.0 Å². The number of carboxylic acids is 1. The van der Waals surface area contributed by atoms with Gasteiger partial charge in [-0.2, -0.15) is 10.3 Å². The lowest BCUT2D eigenvalue weighted by Crippen LogP contribution is -2.38. The quantitative estimate of drug-likeness (QED) is 0.859. The lowest BCUT2D eigenvalue weighted by Gasteiger charge is -2.28. The maximum absolute atomic E-state index is 12.1. The number of aromatic amines is 1. The Kier molecular flexibility index (Phi) is 5.28. The van der Waals surface area contributed by atoms with Crippen LogP contribution in [0.5, 0.6) is 0 Å². The lowest BCUT2D eigenvalue weighted by molar-refractivity contribution is 0.0250. The number of H-pyrrole nitrogens is 1. The Hall–Kier alpha value is -2.12.